The minimum Gasteiger partial charge on any atom is -0.368 e. The molecule has 1 saturated heterocycles. The number of aromatic nitrogens is 2. The maximum absolute atomic E-state index is 12.4. The first-order chi connectivity index (χ1) is 14.7. The summed E-state index contributed by atoms with van der Waals surface area (Å²) in [7, 11) is 0. The van der Waals surface area contributed by atoms with E-state index in [1.54, 1.807) is 0 Å². The van der Waals surface area contributed by atoms with Crippen molar-refractivity contribution in [3.63, 3.8) is 0 Å². The molecule has 0 unspecified atom stereocenters. The molecule has 1 aliphatic heterocycles. The van der Waals surface area contributed by atoms with E-state index < -0.39 is 0 Å². The third kappa shape index (κ3) is 5.06. The lowest BCUT2D eigenvalue weighted by Crippen LogP contribution is -2.31. The molecule has 30 heavy (non-hydrogen) atoms. The van der Waals surface area contributed by atoms with Gasteiger partial charge in [-0.1, -0.05) is 42.5 Å². The molecule has 0 atom stereocenters. The zero-order chi connectivity index (χ0) is 20.8. The van der Waals surface area contributed by atoms with Crippen LogP contribution in [0, 0.1) is 6.92 Å². The SMILES string of the molecule is Cc1nc(NCCNC(=O)Cc2cccc3ccccc23)cc(N2CCCCC2)n1. The van der Waals surface area contributed by atoms with Crippen molar-refractivity contribution < 1.29 is 4.79 Å². The first kappa shape index (κ1) is 20.1. The molecular weight excluding hydrogens is 374 g/mol. The van der Waals surface area contributed by atoms with E-state index in [0.717, 1.165) is 46.9 Å². The van der Waals surface area contributed by atoms with E-state index in [-0.39, 0.29) is 5.91 Å². The molecule has 2 heterocycles. The number of amides is 1. The first-order valence-corrected chi connectivity index (χ1v) is 10.8. The number of carbonyl (C=O) groups excluding carboxylic acids is 1. The van der Waals surface area contributed by atoms with Crippen LogP contribution in [0.2, 0.25) is 0 Å². The Morgan fingerprint density at radius 1 is 1.00 bits per heavy atom. The van der Waals surface area contributed by atoms with Gasteiger partial charge in [-0.2, -0.15) is 0 Å². The topological polar surface area (TPSA) is 70.2 Å². The quantitative estimate of drug-likeness (QED) is 0.589. The predicted octanol–water partition coefficient (Wildman–Crippen LogP) is 3.70. The van der Waals surface area contributed by atoms with Crippen LogP contribution in [-0.2, 0) is 11.2 Å². The number of rotatable bonds is 7. The molecule has 1 aromatic heterocycles. The van der Waals surface area contributed by atoms with Gasteiger partial charge in [-0.15, -0.1) is 0 Å². The summed E-state index contributed by atoms with van der Waals surface area (Å²) in [6.07, 6.45) is 4.11. The molecule has 0 aliphatic carbocycles. The predicted molar refractivity (Wildman–Crippen MR) is 122 cm³/mol. The molecule has 6 nitrogen and oxygen atoms in total. The van der Waals surface area contributed by atoms with E-state index in [1.165, 1.54) is 19.3 Å². The van der Waals surface area contributed by atoms with Gasteiger partial charge in [0.25, 0.3) is 0 Å². The van der Waals surface area contributed by atoms with Crippen LogP contribution >= 0.6 is 0 Å². The van der Waals surface area contributed by atoms with Crippen LogP contribution < -0.4 is 15.5 Å². The molecule has 0 bridgehead atoms. The van der Waals surface area contributed by atoms with E-state index in [4.69, 9.17) is 0 Å². The van der Waals surface area contributed by atoms with Crippen LogP contribution in [0.5, 0.6) is 0 Å². The number of piperidine rings is 1. The van der Waals surface area contributed by atoms with Gasteiger partial charge in [0.2, 0.25) is 5.91 Å². The van der Waals surface area contributed by atoms with Crippen molar-refractivity contribution in [3.8, 4) is 0 Å². The second-order valence-corrected chi connectivity index (χ2v) is 7.80. The highest BCUT2D eigenvalue weighted by atomic mass is 16.1. The Hall–Kier alpha value is -3.15. The smallest absolute Gasteiger partial charge is 0.224 e. The second kappa shape index (κ2) is 9.57. The van der Waals surface area contributed by atoms with Gasteiger partial charge < -0.3 is 15.5 Å². The maximum atomic E-state index is 12.4. The summed E-state index contributed by atoms with van der Waals surface area (Å²) in [5, 5.41) is 8.62. The number of anilines is 2. The van der Waals surface area contributed by atoms with Crippen molar-refractivity contribution in [2.24, 2.45) is 0 Å². The molecule has 0 saturated carbocycles. The van der Waals surface area contributed by atoms with E-state index >= 15 is 0 Å². The minimum atomic E-state index is 0.0287. The van der Waals surface area contributed by atoms with Gasteiger partial charge in [0.05, 0.1) is 6.42 Å². The number of nitrogens with zero attached hydrogens (tertiary/aromatic N) is 3. The van der Waals surface area contributed by atoms with Crippen molar-refractivity contribution in [1.29, 1.82) is 0 Å². The van der Waals surface area contributed by atoms with Crippen molar-refractivity contribution in [1.82, 2.24) is 15.3 Å². The van der Waals surface area contributed by atoms with Crippen molar-refractivity contribution in [3.05, 3.63) is 59.9 Å². The second-order valence-electron chi connectivity index (χ2n) is 7.80. The largest absolute Gasteiger partial charge is 0.368 e. The van der Waals surface area contributed by atoms with Crippen LogP contribution in [0.3, 0.4) is 0 Å². The van der Waals surface area contributed by atoms with E-state index in [9.17, 15) is 4.79 Å². The van der Waals surface area contributed by atoms with Gasteiger partial charge in [-0.05, 0) is 42.5 Å². The Bertz CT molecular complexity index is 1010. The lowest BCUT2D eigenvalue weighted by molar-refractivity contribution is -0.120. The lowest BCUT2D eigenvalue weighted by atomic mass is 10.0. The molecule has 6 heteroatoms. The third-order valence-corrected chi connectivity index (χ3v) is 5.49. The number of nitrogens with one attached hydrogen (secondary N) is 2. The Morgan fingerprint density at radius 3 is 2.67 bits per heavy atom. The fourth-order valence-electron chi connectivity index (χ4n) is 4.00. The van der Waals surface area contributed by atoms with Gasteiger partial charge in [-0.25, -0.2) is 9.97 Å². The van der Waals surface area contributed by atoms with Gasteiger partial charge in [0, 0.05) is 32.2 Å². The number of carbonyl (C=O) groups is 1. The molecule has 1 amide bonds. The Labute approximate surface area is 177 Å². The number of hydrogen-bond donors (Lipinski definition) is 2. The fraction of sp³-hybridized carbons (Fsp3) is 0.375. The van der Waals surface area contributed by atoms with Crippen LogP contribution in [0.25, 0.3) is 10.8 Å². The van der Waals surface area contributed by atoms with E-state index in [0.29, 0.717) is 19.5 Å². The molecule has 3 aromatic rings. The monoisotopic (exact) mass is 403 g/mol. The zero-order valence-electron chi connectivity index (χ0n) is 17.5. The highest BCUT2D eigenvalue weighted by Gasteiger charge is 2.14. The van der Waals surface area contributed by atoms with E-state index in [1.807, 2.05) is 37.3 Å². The van der Waals surface area contributed by atoms with Crippen LogP contribution in [0.4, 0.5) is 11.6 Å². The normalized spacial score (nSPS) is 14.0. The number of hydrogen-bond acceptors (Lipinski definition) is 5. The fourth-order valence-corrected chi connectivity index (χ4v) is 4.00. The maximum Gasteiger partial charge on any atom is 0.224 e. The molecule has 2 N–H and O–H groups in total. The number of benzene rings is 2. The zero-order valence-corrected chi connectivity index (χ0v) is 17.5. The van der Waals surface area contributed by atoms with E-state index in [2.05, 4.69) is 43.7 Å². The van der Waals surface area contributed by atoms with Crippen LogP contribution in [-0.4, -0.2) is 42.1 Å². The molecule has 0 spiro atoms. The minimum absolute atomic E-state index is 0.0287. The highest BCUT2D eigenvalue weighted by molar-refractivity contribution is 5.90. The molecule has 1 fully saturated rings. The summed E-state index contributed by atoms with van der Waals surface area (Å²) < 4.78 is 0. The Kier molecular flexibility index (Phi) is 6.42. The Balaban J connectivity index is 1.28. The van der Waals surface area contributed by atoms with Crippen molar-refractivity contribution >= 4 is 28.3 Å². The number of aryl methyl sites for hydroxylation is 1. The van der Waals surface area contributed by atoms with Gasteiger partial charge in [-0.3, -0.25) is 4.79 Å². The average molecular weight is 404 g/mol. The van der Waals surface area contributed by atoms with Gasteiger partial charge in [0.1, 0.15) is 17.5 Å². The Morgan fingerprint density at radius 2 is 1.80 bits per heavy atom. The summed E-state index contributed by atoms with van der Waals surface area (Å²) in [5.41, 5.74) is 1.05. The molecule has 2 aromatic carbocycles. The summed E-state index contributed by atoms with van der Waals surface area (Å²) >= 11 is 0. The molecule has 0 radical (unpaired) electrons. The molecule has 4 rings (SSSR count). The summed E-state index contributed by atoms with van der Waals surface area (Å²) in [4.78, 5) is 23.8. The van der Waals surface area contributed by atoms with Crippen LogP contribution in [0.15, 0.2) is 48.5 Å². The molecule has 1 aliphatic rings. The summed E-state index contributed by atoms with van der Waals surface area (Å²) in [6, 6.07) is 16.3. The first-order valence-electron chi connectivity index (χ1n) is 10.8. The standard InChI is InChI=1S/C24H29N5O/c1-18-27-22(17-23(28-18)29-14-5-2-6-15-29)25-12-13-26-24(30)16-20-10-7-9-19-8-3-4-11-21(19)20/h3-4,7-11,17H,2,5-6,12-16H2,1H3,(H,26,30)(H,25,27,28). The van der Waals surface area contributed by atoms with Crippen molar-refractivity contribution in [2.45, 2.75) is 32.6 Å². The van der Waals surface area contributed by atoms with Gasteiger partial charge >= 0.3 is 0 Å². The average Bonchev–Trinajstić information content (AvgIpc) is 2.77. The summed E-state index contributed by atoms with van der Waals surface area (Å²) in [5.74, 6) is 2.60. The lowest BCUT2D eigenvalue weighted by Gasteiger charge is -2.28. The molecular formula is C24H29N5O. The summed E-state index contributed by atoms with van der Waals surface area (Å²) in [6.45, 7) is 5.20. The van der Waals surface area contributed by atoms with Gasteiger partial charge in [0.15, 0.2) is 0 Å². The third-order valence-electron chi connectivity index (χ3n) is 5.49. The molecule has 156 valence electrons. The highest BCUT2D eigenvalue weighted by Crippen LogP contribution is 2.20. The number of fused-ring (bicyclic) bond motifs is 1. The van der Waals surface area contributed by atoms with Crippen molar-refractivity contribution in [2.75, 3.05) is 36.4 Å². The van der Waals surface area contributed by atoms with Crippen LogP contribution in [0.1, 0.15) is 30.7 Å².